The predicted molar refractivity (Wildman–Crippen MR) is 68.5 cm³/mol. The van der Waals surface area contributed by atoms with Gasteiger partial charge in [0, 0.05) is 12.3 Å². The molecule has 0 heterocycles. The average Bonchev–Trinajstić information content (AvgIpc) is 2.61. The van der Waals surface area contributed by atoms with Crippen LogP contribution in [0.3, 0.4) is 0 Å². The lowest BCUT2D eigenvalue weighted by Gasteiger charge is -2.33. The number of hydrogen-bond acceptors (Lipinski definition) is 2. The first kappa shape index (κ1) is 12.8. The molecule has 96 valence electrons. The molecule has 0 aromatic heterocycles. The van der Waals surface area contributed by atoms with Crippen LogP contribution in [0.1, 0.15) is 47.0 Å². The summed E-state index contributed by atoms with van der Waals surface area (Å²) in [5, 5.41) is 10.7. The van der Waals surface area contributed by atoms with Crippen LogP contribution in [0.25, 0.3) is 0 Å². The summed E-state index contributed by atoms with van der Waals surface area (Å²) >= 11 is 0. The van der Waals surface area contributed by atoms with Crippen molar-refractivity contribution < 1.29 is 9.90 Å². The van der Waals surface area contributed by atoms with Gasteiger partial charge in [-0.15, -0.1) is 0 Å². The fraction of sp³-hybridized carbons (Fsp3) is 0.800. The standard InChI is InChI=1S/C15H24O2/c1-9(2)15(17)8-7-10(3)12-6-5-11(4)13(12)14(15)16/h7,9,11-13,17H,5-6,8H2,1-4H3/t11-,12+,13+,15-/m1/s1. The van der Waals surface area contributed by atoms with Crippen molar-refractivity contribution in [3.05, 3.63) is 11.6 Å². The van der Waals surface area contributed by atoms with E-state index in [2.05, 4.69) is 19.9 Å². The molecule has 0 bridgehead atoms. The van der Waals surface area contributed by atoms with Crippen molar-refractivity contribution in [1.82, 2.24) is 0 Å². The molecular formula is C15H24O2. The molecule has 0 spiro atoms. The van der Waals surface area contributed by atoms with E-state index < -0.39 is 5.60 Å². The van der Waals surface area contributed by atoms with Gasteiger partial charge in [-0.1, -0.05) is 32.4 Å². The minimum absolute atomic E-state index is 0.00870. The maximum absolute atomic E-state index is 12.7. The SMILES string of the molecule is CC1=CC[C@@](O)(C(C)C)C(=O)[C@H]2[C@H](C)CC[C@@H]12. The molecule has 17 heavy (non-hydrogen) atoms. The molecule has 2 nitrogen and oxygen atoms in total. The number of Topliss-reactive ketones (excluding diaryl/α,β-unsaturated/α-hetero) is 1. The molecule has 1 N–H and O–H groups in total. The van der Waals surface area contributed by atoms with Gasteiger partial charge in [0.1, 0.15) is 5.60 Å². The molecule has 0 amide bonds. The molecule has 0 aromatic rings. The third-order valence-corrected chi connectivity index (χ3v) is 4.98. The van der Waals surface area contributed by atoms with Crippen molar-refractivity contribution in [2.45, 2.75) is 52.6 Å². The molecule has 1 fully saturated rings. The first-order valence-corrected chi connectivity index (χ1v) is 6.81. The van der Waals surface area contributed by atoms with Crippen LogP contribution < -0.4 is 0 Å². The van der Waals surface area contributed by atoms with Crippen LogP contribution in [-0.4, -0.2) is 16.5 Å². The summed E-state index contributed by atoms with van der Waals surface area (Å²) in [6.45, 7) is 8.17. The third-order valence-electron chi connectivity index (χ3n) is 4.98. The summed E-state index contributed by atoms with van der Waals surface area (Å²) in [6, 6.07) is 0. The summed E-state index contributed by atoms with van der Waals surface area (Å²) < 4.78 is 0. The first-order chi connectivity index (χ1) is 7.88. The molecule has 0 unspecified atom stereocenters. The Bertz CT molecular complexity index is 356. The van der Waals surface area contributed by atoms with E-state index in [4.69, 9.17) is 0 Å². The lowest BCUT2D eigenvalue weighted by molar-refractivity contribution is -0.147. The summed E-state index contributed by atoms with van der Waals surface area (Å²) in [4.78, 5) is 12.7. The van der Waals surface area contributed by atoms with E-state index in [-0.39, 0.29) is 17.6 Å². The van der Waals surface area contributed by atoms with E-state index in [9.17, 15) is 9.90 Å². The Morgan fingerprint density at radius 1 is 1.41 bits per heavy atom. The number of carbonyl (C=O) groups is 1. The maximum Gasteiger partial charge on any atom is 0.168 e. The lowest BCUT2D eigenvalue weighted by Crippen LogP contribution is -2.47. The van der Waals surface area contributed by atoms with E-state index in [1.165, 1.54) is 5.57 Å². The second-order valence-corrected chi connectivity index (χ2v) is 6.28. The minimum atomic E-state index is -1.14. The zero-order valence-electron chi connectivity index (χ0n) is 11.4. The third kappa shape index (κ3) is 1.87. The van der Waals surface area contributed by atoms with Crippen molar-refractivity contribution in [2.24, 2.45) is 23.7 Å². The normalized spacial score (nSPS) is 42.4. The zero-order chi connectivity index (χ0) is 12.8. The highest BCUT2D eigenvalue weighted by molar-refractivity contribution is 5.91. The molecule has 0 aliphatic heterocycles. The van der Waals surface area contributed by atoms with Gasteiger partial charge in [0.05, 0.1) is 0 Å². The maximum atomic E-state index is 12.7. The Hall–Kier alpha value is -0.630. The smallest absolute Gasteiger partial charge is 0.168 e. The molecule has 4 atom stereocenters. The van der Waals surface area contributed by atoms with Crippen molar-refractivity contribution in [2.75, 3.05) is 0 Å². The van der Waals surface area contributed by atoms with Crippen LogP contribution in [-0.2, 0) is 4.79 Å². The van der Waals surface area contributed by atoms with E-state index in [1.54, 1.807) is 0 Å². The van der Waals surface area contributed by atoms with E-state index in [0.29, 0.717) is 18.3 Å². The van der Waals surface area contributed by atoms with Gasteiger partial charge in [-0.2, -0.15) is 0 Å². The molecule has 0 aromatic carbocycles. The van der Waals surface area contributed by atoms with Crippen molar-refractivity contribution >= 4 is 5.78 Å². The molecule has 0 saturated heterocycles. The molecule has 2 rings (SSSR count). The Morgan fingerprint density at radius 3 is 2.65 bits per heavy atom. The number of allylic oxidation sites excluding steroid dienone is 1. The highest BCUT2D eigenvalue weighted by Gasteiger charge is 2.50. The van der Waals surface area contributed by atoms with Crippen molar-refractivity contribution in [3.8, 4) is 0 Å². The van der Waals surface area contributed by atoms with Gasteiger partial charge in [-0.25, -0.2) is 0 Å². The van der Waals surface area contributed by atoms with E-state index in [0.717, 1.165) is 12.8 Å². The molecule has 1 saturated carbocycles. The van der Waals surface area contributed by atoms with Gasteiger partial charge in [0.15, 0.2) is 5.78 Å². The van der Waals surface area contributed by atoms with Crippen LogP contribution in [0.2, 0.25) is 0 Å². The molecule has 2 aliphatic rings. The molecule has 0 radical (unpaired) electrons. The van der Waals surface area contributed by atoms with Gasteiger partial charge in [0.2, 0.25) is 0 Å². The number of hydrogen-bond donors (Lipinski definition) is 1. The Kier molecular flexibility index (Phi) is 3.19. The average molecular weight is 236 g/mol. The quantitative estimate of drug-likeness (QED) is 0.711. The number of ketones is 1. The fourth-order valence-electron chi connectivity index (χ4n) is 3.53. The van der Waals surface area contributed by atoms with E-state index in [1.807, 2.05) is 13.8 Å². The largest absolute Gasteiger partial charge is 0.381 e. The Labute approximate surface area is 104 Å². The van der Waals surface area contributed by atoms with Gasteiger partial charge >= 0.3 is 0 Å². The monoisotopic (exact) mass is 236 g/mol. The molecular weight excluding hydrogens is 212 g/mol. The summed E-state index contributed by atoms with van der Waals surface area (Å²) in [7, 11) is 0. The van der Waals surface area contributed by atoms with Gasteiger partial charge in [0.25, 0.3) is 0 Å². The Morgan fingerprint density at radius 2 is 2.06 bits per heavy atom. The second kappa shape index (κ2) is 4.24. The highest BCUT2D eigenvalue weighted by atomic mass is 16.3. The topological polar surface area (TPSA) is 37.3 Å². The zero-order valence-corrected chi connectivity index (χ0v) is 11.4. The first-order valence-electron chi connectivity index (χ1n) is 6.81. The summed E-state index contributed by atoms with van der Waals surface area (Å²) in [5.74, 6) is 0.923. The summed E-state index contributed by atoms with van der Waals surface area (Å²) in [6.07, 6.45) is 4.81. The number of fused-ring (bicyclic) bond motifs is 1. The molecule has 2 aliphatic carbocycles. The number of aliphatic hydroxyl groups is 1. The minimum Gasteiger partial charge on any atom is -0.381 e. The van der Waals surface area contributed by atoms with E-state index >= 15 is 0 Å². The van der Waals surface area contributed by atoms with Crippen molar-refractivity contribution in [1.29, 1.82) is 0 Å². The fourth-order valence-corrected chi connectivity index (χ4v) is 3.53. The second-order valence-electron chi connectivity index (χ2n) is 6.28. The van der Waals surface area contributed by atoms with Gasteiger partial charge in [-0.05, 0) is 37.5 Å². The Balaban J connectivity index is 2.41. The van der Waals surface area contributed by atoms with Crippen LogP contribution in [0.4, 0.5) is 0 Å². The van der Waals surface area contributed by atoms with Crippen LogP contribution in [0.15, 0.2) is 11.6 Å². The van der Waals surface area contributed by atoms with Gasteiger partial charge < -0.3 is 5.11 Å². The number of carbonyl (C=O) groups excluding carboxylic acids is 1. The highest BCUT2D eigenvalue weighted by Crippen LogP contribution is 2.46. The molecule has 2 heteroatoms. The van der Waals surface area contributed by atoms with Crippen LogP contribution in [0.5, 0.6) is 0 Å². The van der Waals surface area contributed by atoms with Gasteiger partial charge in [-0.3, -0.25) is 4.79 Å². The predicted octanol–water partition coefficient (Wildman–Crippen LogP) is 2.95. The van der Waals surface area contributed by atoms with Crippen LogP contribution in [0, 0.1) is 23.7 Å². The summed E-state index contributed by atoms with van der Waals surface area (Å²) in [5.41, 5.74) is 0.170. The van der Waals surface area contributed by atoms with Crippen LogP contribution >= 0.6 is 0 Å². The van der Waals surface area contributed by atoms with Crippen molar-refractivity contribution in [3.63, 3.8) is 0 Å². The number of rotatable bonds is 1. The lowest BCUT2D eigenvalue weighted by atomic mass is 9.74.